The smallest absolute Gasteiger partial charge is 0.251 e. The van der Waals surface area contributed by atoms with Crippen molar-refractivity contribution in [3.05, 3.63) is 48.0 Å². The first-order valence-corrected chi connectivity index (χ1v) is 8.78. The van der Waals surface area contributed by atoms with E-state index in [1.807, 2.05) is 42.5 Å². The minimum absolute atomic E-state index is 0.0719. The van der Waals surface area contributed by atoms with Crippen LogP contribution in [0.3, 0.4) is 0 Å². The zero-order chi connectivity index (χ0) is 17.6. The van der Waals surface area contributed by atoms with Crippen LogP contribution >= 0.6 is 0 Å². The molecule has 5 heteroatoms. The number of benzene rings is 2. The molecule has 2 aromatic rings. The van der Waals surface area contributed by atoms with Gasteiger partial charge in [0.15, 0.2) is 6.61 Å². The number of fused-ring (bicyclic) bond motifs is 1. The molecule has 132 valence electrons. The number of hydrogen-bond acceptors (Lipinski definition) is 3. The number of nitrogens with one attached hydrogen (secondary N) is 1. The molecule has 1 heterocycles. The van der Waals surface area contributed by atoms with Gasteiger partial charge in [0.1, 0.15) is 0 Å². The van der Waals surface area contributed by atoms with Crippen LogP contribution in [0.4, 0.5) is 0 Å². The van der Waals surface area contributed by atoms with E-state index in [1.54, 1.807) is 4.90 Å². The number of hydroxylamine groups is 1. The van der Waals surface area contributed by atoms with E-state index in [9.17, 15) is 9.59 Å². The van der Waals surface area contributed by atoms with Crippen molar-refractivity contribution in [3.63, 3.8) is 0 Å². The summed E-state index contributed by atoms with van der Waals surface area (Å²) in [5.41, 5.74) is 3.33. The third-order valence-corrected chi connectivity index (χ3v) is 4.75. The van der Waals surface area contributed by atoms with Crippen molar-refractivity contribution in [1.82, 2.24) is 10.4 Å². The van der Waals surface area contributed by atoms with Crippen molar-refractivity contribution in [2.45, 2.75) is 26.2 Å². The number of rotatable bonds is 5. The molecule has 1 fully saturated rings. The van der Waals surface area contributed by atoms with Crippen molar-refractivity contribution in [1.29, 1.82) is 0 Å². The molecule has 2 aromatic carbocycles. The molecule has 1 aliphatic heterocycles. The Hall–Kier alpha value is -2.40. The van der Waals surface area contributed by atoms with Crippen molar-refractivity contribution >= 4 is 22.6 Å². The second kappa shape index (κ2) is 8.12. The summed E-state index contributed by atoms with van der Waals surface area (Å²) in [5.74, 6) is 0.346. The lowest BCUT2D eigenvalue weighted by atomic mass is 9.99. The Morgan fingerprint density at radius 2 is 1.84 bits per heavy atom. The van der Waals surface area contributed by atoms with E-state index in [4.69, 9.17) is 4.84 Å². The molecule has 1 aliphatic rings. The van der Waals surface area contributed by atoms with E-state index < -0.39 is 0 Å². The average Bonchev–Trinajstić information content (AvgIpc) is 2.62. The third kappa shape index (κ3) is 4.57. The summed E-state index contributed by atoms with van der Waals surface area (Å²) in [6.45, 7) is 3.63. The zero-order valence-electron chi connectivity index (χ0n) is 14.5. The Morgan fingerprint density at radius 3 is 2.64 bits per heavy atom. The molecule has 0 unspecified atom stereocenters. The van der Waals surface area contributed by atoms with Crippen LogP contribution in [0.1, 0.15) is 25.3 Å². The molecular formula is C20H24N2O3. The largest absolute Gasteiger partial charge is 0.341 e. The van der Waals surface area contributed by atoms with Gasteiger partial charge < -0.3 is 4.90 Å². The summed E-state index contributed by atoms with van der Waals surface area (Å²) >= 11 is 0. The van der Waals surface area contributed by atoms with Gasteiger partial charge in [-0.3, -0.25) is 14.4 Å². The molecule has 0 aliphatic carbocycles. The molecule has 2 amide bonds. The fourth-order valence-corrected chi connectivity index (χ4v) is 3.18. The maximum Gasteiger partial charge on any atom is 0.251 e. The molecule has 25 heavy (non-hydrogen) atoms. The van der Waals surface area contributed by atoms with E-state index in [0.29, 0.717) is 5.92 Å². The number of nitrogens with zero attached hydrogens (tertiary/aromatic N) is 1. The van der Waals surface area contributed by atoms with Crippen LogP contribution in [-0.2, 0) is 20.8 Å². The summed E-state index contributed by atoms with van der Waals surface area (Å²) in [6, 6.07) is 13.8. The predicted molar refractivity (Wildman–Crippen MR) is 96.7 cm³/mol. The van der Waals surface area contributed by atoms with Gasteiger partial charge in [0.2, 0.25) is 5.91 Å². The average molecular weight is 340 g/mol. The first-order valence-electron chi connectivity index (χ1n) is 8.78. The van der Waals surface area contributed by atoms with Crippen LogP contribution in [0.25, 0.3) is 10.8 Å². The van der Waals surface area contributed by atoms with Gasteiger partial charge in [0.05, 0.1) is 6.42 Å². The first-order chi connectivity index (χ1) is 12.1. The summed E-state index contributed by atoms with van der Waals surface area (Å²) in [6.07, 6.45) is 2.27. The normalized spacial score (nSPS) is 15.3. The van der Waals surface area contributed by atoms with Gasteiger partial charge >= 0.3 is 0 Å². The maximum atomic E-state index is 12.1. The van der Waals surface area contributed by atoms with E-state index in [-0.39, 0.29) is 24.8 Å². The van der Waals surface area contributed by atoms with Crippen LogP contribution < -0.4 is 5.48 Å². The van der Waals surface area contributed by atoms with Crippen LogP contribution in [0.5, 0.6) is 0 Å². The van der Waals surface area contributed by atoms with E-state index in [2.05, 4.69) is 12.4 Å². The Labute approximate surface area is 147 Å². The molecular weight excluding hydrogens is 316 g/mol. The summed E-state index contributed by atoms with van der Waals surface area (Å²) in [7, 11) is 0. The molecule has 0 bridgehead atoms. The third-order valence-electron chi connectivity index (χ3n) is 4.75. The molecule has 0 spiro atoms. The maximum absolute atomic E-state index is 12.1. The number of carbonyl (C=O) groups is 2. The standard InChI is InChI=1S/C20H24N2O3/c1-15-9-11-22(12-10-15)20(24)14-25-21-19(23)13-17-7-4-6-16-5-2-3-8-18(16)17/h2-8,15H,9-14H2,1H3,(H,21,23). The van der Waals surface area contributed by atoms with Gasteiger partial charge in [-0.15, -0.1) is 0 Å². The molecule has 0 saturated carbocycles. The van der Waals surface area contributed by atoms with Crippen molar-refractivity contribution in [2.24, 2.45) is 5.92 Å². The minimum Gasteiger partial charge on any atom is -0.341 e. The van der Waals surface area contributed by atoms with E-state index in [1.165, 1.54) is 0 Å². The van der Waals surface area contributed by atoms with Gasteiger partial charge in [-0.1, -0.05) is 49.4 Å². The molecule has 0 radical (unpaired) electrons. The Morgan fingerprint density at radius 1 is 1.12 bits per heavy atom. The second-order valence-electron chi connectivity index (χ2n) is 6.69. The highest BCUT2D eigenvalue weighted by Gasteiger charge is 2.20. The van der Waals surface area contributed by atoms with Gasteiger partial charge in [0, 0.05) is 13.1 Å². The van der Waals surface area contributed by atoms with Crippen molar-refractivity contribution in [2.75, 3.05) is 19.7 Å². The fraction of sp³-hybridized carbons (Fsp3) is 0.400. The molecule has 0 atom stereocenters. The molecule has 1 saturated heterocycles. The summed E-state index contributed by atoms with van der Waals surface area (Å²) in [5, 5.41) is 2.15. The van der Waals surface area contributed by atoms with Gasteiger partial charge in [-0.25, -0.2) is 5.48 Å². The van der Waals surface area contributed by atoms with Gasteiger partial charge in [-0.2, -0.15) is 0 Å². The summed E-state index contributed by atoms with van der Waals surface area (Å²) in [4.78, 5) is 31.1. The Kier molecular flexibility index (Phi) is 5.66. The molecule has 0 aromatic heterocycles. The highest BCUT2D eigenvalue weighted by atomic mass is 16.7. The number of likely N-dealkylation sites (tertiary alicyclic amines) is 1. The first kappa shape index (κ1) is 17.4. The number of amides is 2. The lowest BCUT2D eigenvalue weighted by Gasteiger charge is -2.30. The SMILES string of the molecule is CC1CCN(C(=O)CONC(=O)Cc2cccc3ccccc23)CC1. The van der Waals surface area contributed by atoms with Crippen molar-refractivity contribution < 1.29 is 14.4 Å². The highest BCUT2D eigenvalue weighted by Crippen LogP contribution is 2.19. The summed E-state index contributed by atoms with van der Waals surface area (Å²) < 4.78 is 0. The monoisotopic (exact) mass is 340 g/mol. The van der Waals surface area contributed by atoms with Crippen molar-refractivity contribution in [3.8, 4) is 0 Å². The lowest BCUT2D eigenvalue weighted by molar-refractivity contribution is -0.145. The van der Waals surface area contributed by atoms with Gasteiger partial charge in [-0.05, 0) is 35.1 Å². The van der Waals surface area contributed by atoms with Crippen LogP contribution in [-0.4, -0.2) is 36.4 Å². The van der Waals surface area contributed by atoms with Gasteiger partial charge in [0.25, 0.3) is 5.91 Å². The lowest BCUT2D eigenvalue weighted by Crippen LogP contribution is -2.41. The topological polar surface area (TPSA) is 58.6 Å². The number of hydrogen-bond donors (Lipinski definition) is 1. The molecule has 3 rings (SSSR count). The van der Waals surface area contributed by atoms with Crippen LogP contribution in [0.2, 0.25) is 0 Å². The second-order valence-corrected chi connectivity index (χ2v) is 6.69. The quantitative estimate of drug-likeness (QED) is 0.852. The zero-order valence-corrected chi connectivity index (χ0v) is 14.5. The van der Waals surface area contributed by atoms with E-state index >= 15 is 0 Å². The van der Waals surface area contributed by atoms with E-state index in [0.717, 1.165) is 42.3 Å². The predicted octanol–water partition coefficient (Wildman–Crippen LogP) is 2.69. The van der Waals surface area contributed by atoms with Crippen LogP contribution in [0.15, 0.2) is 42.5 Å². The highest BCUT2D eigenvalue weighted by molar-refractivity contribution is 5.90. The Balaban J connectivity index is 1.47. The minimum atomic E-state index is -0.253. The van der Waals surface area contributed by atoms with Crippen LogP contribution in [0, 0.1) is 5.92 Å². The molecule has 5 nitrogen and oxygen atoms in total. The number of carbonyl (C=O) groups excluding carboxylic acids is 2. The fourth-order valence-electron chi connectivity index (χ4n) is 3.18. The molecule has 1 N–H and O–H groups in total. The Bertz CT molecular complexity index is 746. The number of piperidine rings is 1.